The normalized spacial score (nSPS) is 54.2. The number of ether oxygens (including phenoxy) is 4. The van der Waals surface area contributed by atoms with Crippen molar-refractivity contribution in [1.29, 1.82) is 0 Å². The van der Waals surface area contributed by atoms with Gasteiger partial charge in [-0.15, -0.1) is 0 Å². The molecule has 0 aromatic carbocycles. The summed E-state index contributed by atoms with van der Waals surface area (Å²) in [7, 11) is 0. The van der Waals surface area contributed by atoms with Crippen LogP contribution in [0.1, 0.15) is 34.1 Å². The van der Waals surface area contributed by atoms with Crippen molar-refractivity contribution in [3.63, 3.8) is 0 Å². The second-order valence-electron chi connectivity index (χ2n) is 10.1. The molecule has 0 bridgehead atoms. The van der Waals surface area contributed by atoms with Crippen LogP contribution in [-0.2, 0) is 33.3 Å². The third-order valence-electron chi connectivity index (χ3n) is 8.35. The second-order valence-corrected chi connectivity index (χ2v) is 10.1. The largest absolute Gasteiger partial charge is 0.459 e. The molecule has 4 aliphatic heterocycles. The Labute approximate surface area is 165 Å². The lowest BCUT2D eigenvalue weighted by molar-refractivity contribution is -0.193. The summed E-state index contributed by atoms with van der Waals surface area (Å²) in [5, 5.41) is 22.8. The molecule has 0 aromatic heterocycles. The van der Waals surface area contributed by atoms with Crippen LogP contribution in [-0.4, -0.2) is 64.4 Å². The zero-order valence-corrected chi connectivity index (χ0v) is 16.4. The summed E-state index contributed by atoms with van der Waals surface area (Å²) in [6, 6.07) is 0. The molecular formula is C20H22O9. The highest BCUT2D eigenvalue weighted by Crippen LogP contribution is 2.83. The Morgan fingerprint density at radius 3 is 2.41 bits per heavy atom. The Balaban J connectivity index is 1.73. The molecule has 5 fully saturated rings. The topological polar surface area (TPSA) is 129 Å². The van der Waals surface area contributed by atoms with E-state index >= 15 is 0 Å². The molecule has 3 saturated heterocycles. The molecule has 2 spiro atoms. The number of carbonyl (C=O) groups is 3. The van der Waals surface area contributed by atoms with Gasteiger partial charge in [0.05, 0.1) is 10.8 Å². The van der Waals surface area contributed by atoms with Crippen molar-refractivity contribution in [2.75, 3.05) is 0 Å². The molecule has 4 heterocycles. The summed E-state index contributed by atoms with van der Waals surface area (Å²) < 4.78 is 22.8. The van der Waals surface area contributed by atoms with Crippen LogP contribution in [0, 0.1) is 22.2 Å². The van der Waals surface area contributed by atoms with E-state index in [1.807, 2.05) is 20.8 Å². The first-order valence-electron chi connectivity index (χ1n) is 9.85. The molecule has 9 atom stereocenters. The molecular weight excluding hydrogens is 384 g/mol. The maximum Gasteiger partial charge on any atom is 0.344 e. The number of fused-ring (bicyclic) bond motifs is 1. The van der Waals surface area contributed by atoms with Crippen molar-refractivity contribution in [2.24, 2.45) is 22.2 Å². The second kappa shape index (κ2) is 4.53. The van der Waals surface area contributed by atoms with E-state index < -0.39 is 70.5 Å². The number of aliphatic hydroxyl groups excluding tert-OH is 2. The van der Waals surface area contributed by atoms with E-state index in [0.717, 1.165) is 0 Å². The Kier molecular flexibility index (Phi) is 2.79. The highest BCUT2D eigenvalue weighted by Gasteiger charge is 2.99. The van der Waals surface area contributed by atoms with E-state index in [-0.39, 0.29) is 17.1 Å². The van der Waals surface area contributed by atoms with Crippen LogP contribution in [0.3, 0.4) is 0 Å². The predicted octanol–water partition coefficient (Wildman–Crippen LogP) is -0.420. The van der Waals surface area contributed by atoms with Crippen LogP contribution in [0.25, 0.3) is 0 Å². The molecule has 9 heteroatoms. The lowest BCUT2D eigenvalue weighted by Gasteiger charge is -2.47. The molecule has 6 aliphatic rings. The van der Waals surface area contributed by atoms with E-state index in [9.17, 15) is 24.6 Å². The minimum atomic E-state index is -1.83. The van der Waals surface area contributed by atoms with Crippen molar-refractivity contribution < 1.29 is 43.5 Å². The number of rotatable bonds is 0. The van der Waals surface area contributed by atoms with E-state index in [1.54, 1.807) is 0 Å². The first-order valence-corrected chi connectivity index (χ1v) is 9.85. The molecule has 0 unspecified atom stereocenters. The molecule has 2 saturated carbocycles. The molecule has 156 valence electrons. The first kappa shape index (κ1) is 17.9. The maximum absolute atomic E-state index is 13.3. The van der Waals surface area contributed by atoms with Gasteiger partial charge in [-0.2, -0.15) is 0 Å². The molecule has 6 rings (SSSR count). The number of esters is 3. The Morgan fingerprint density at radius 2 is 1.76 bits per heavy atom. The first-order chi connectivity index (χ1) is 13.5. The van der Waals surface area contributed by atoms with Crippen LogP contribution in [0.2, 0.25) is 0 Å². The molecule has 29 heavy (non-hydrogen) atoms. The maximum atomic E-state index is 13.3. The molecule has 9 nitrogen and oxygen atoms in total. The highest BCUT2D eigenvalue weighted by molar-refractivity contribution is 6.00. The van der Waals surface area contributed by atoms with E-state index in [2.05, 4.69) is 0 Å². The van der Waals surface area contributed by atoms with Gasteiger partial charge in [-0.05, 0) is 24.7 Å². The average molecular weight is 406 g/mol. The van der Waals surface area contributed by atoms with Gasteiger partial charge < -0.3 is 29.2 Å². The van der Waals surface area contributed by atoms with Gasteiger partial charge in [0.2, 0.25) is 11.9 Å². The molecule has 0 aromatic rings. The smallest absolute Gasteiger partial charge is 0.344 e. The lowest BCUT2D eigenvalue weighted by Crippen LogP contribution is -2.62. The third kappa shape index (κ3) is 1.36. The van der Waals surface area contributed by atoms with E-state index in [4.69, 9.17) is 18.9 Å². The number of hydrogen-bond donors (Lipinski definition) is 2. The summed E-state index contributed by atoms with van der Waals surface area (Å²) >= 11 is 0. The fourth-order valence-electron chi connectivity index (χ4n) is 7.64. The molecule has 2 N–H and O–H groups in total. The summed E-state index contributed by atoms with van der Waals surface area (Å²) in [6.07, 6.45) is -5.81. The van der Waals surface area contributed by atoms with Gasteiger partial charge in [-0.25, -0.2) is 14.4 Å². The fraction of sp³-hybridized carbons (Fsp3) is 0.750. The van der Waals surface area contributed by atoms with E-state index in [0.29, 0.717) is 6.42 Å². The van der Waals surface area contributed by atoms with Crippen molar-refractivity contribution in [3.8, 4) is 0 Å². The van der Waals surface area contributed by atoms with Gasteiger partial charge in [0.15, 0.2) is 12.2 Å². The molecule has 0 radical (unpaired) electrons. The van der Waals surface area contributed by atoms with Crippen LogP contribution < -0.4 is 0 Å². The van der Waals surface area contributed by atoms with Crippen molar-refractivity contribution in [3.05, 3.63) is 11.1 Å². The van der Waals surface area contributed by atoms with Crippen LogP contribution in [0.5, 0.6) is 0 Å². The summed E-state index contributed by atoms with van der Waals surface area (Å²) in [6.45, 7) is 7.41. The minimum Gasteiger partial charge on any atom is -0.459 e. The van der Waals surface area contributed by atoms with Gasteiger partial charge in [0.25, 0.3) is 0 Å². The van der Waals surface area contributed by atoms with E-state index in [1.165, 1.54) is 6.92 Å². The third-order valence-corrected chi connectivity index (χ3v) is 8.35. The lowest BCUT2D eigenvalue weighted by atomic mass is 9.51. The Morgan fingerprint density at radius 1 is 1.07 bits per heavy atom. The summed E-state index contributed by atoms with van der Waals surface area (Å²) in [5.74, 6) is -2.59. The quantitative estimate of drug-likeness (QED) is 0.407. The van der Waals surface area contributed by atoms with Gasteiger partial charge in [0.1, 0.15) is 12.2 Å². The van der Waals surface area contributed by atoms with Crippen molar-refractivity contribution in [2.45, 2.75) is 70.4 Å². The Hall–Kier alpha value is -1.97. The number of hydrogen-bond acceptors (Lipinski definition) is 9. The number of carbonyl (C=O) groups excluding carboxylic acids is 3. The zero-order valence-electron chi connectivity index (χ0n) is 16.4. The summed E-state index contributed by atoms with van der Waals surface area (Å²) in [4.78, 5) is 38.0. The highest BCUT2D eigenvalue weighted by atomic mass is 16.7. The molecule has 2 aliphatic carbocycles. The van der Waals surface area contributed by atoms with Crippen molar-refractivity contribution >= 4 is 17.9 Å². The van der Waals surface area contributed by atoms with Gasteiger partial charge in [-0.1, -0.05) is 20.8 Å². The minimum absolute atomic E-state index is 0.179. The van der Waals surface area contributed by atoms with Gasteiger partial charge >= 0.3 is 17.9 Å². The average Bonchev–Trinajstić information content (AvgIpc) is 3.34. The Bertz CT molecular complexity index is 946. The number of aliphatic hydroxyl groups is 2. The summed E-state index contributed by atoms with van der Waals surface area (Å²) in [5.41, 5.74) is -4.76. The standard InChI is InChI=1S/C20H22O9/c1-6-9-10(27-13(6)23)11(21)19-8-5-7(17(2,3)4)18(19)12(22)14(24)28-16(18)29-20(9,19)15(25)26-8/h7-8,10-12,16,21-22H,5H2,1-4H3/t7-,8+,10+,11+,12-,16-,18-,19-,20+/m0/s1. The monoisotopic (exact) mass is 406 g/mol. The van der Waals surface area contributed by atoms with Crippen LogP contribution in [0.15, 0.2) is 11.1 Å². The van der Waals surface area contributed by atoms with Crippen LogP contribution in [0.4, 0.5) is 0 Å². The van der Waals surface area contributed by atoms with Crippen LogP contribution >= 0.6 is 0 Å². The fourth-order valence-corrected chi connectivity index (χ4v) is 7.64. The predicted molar refractivity (Wildman–Crippen MR) is 90.6 cm³/mol. The van der Waals surface area contributed by atoms with Gasteiger partial charge in [-0.3, -0.25) is 0 Å². The zero-order chi connectivity index (χ0) is 20.9. The molecule has 0 amide bonds. The van der Waals surface area contributed by atoms with Crippen molar-refractivity contribution in [1.82, 2.24) is 0 Å². The van der Waals surface area contributed by atoms with Gasteiger partial charge in [0, 0.05) is 11.1 Å². The SMILES string of the molecule is CC1=C2[C@@H](OC1=O)[C@@H](O)[C@@]13[C@H]4C[C@@H](C(C)(C)C)[C@]15[C@@H](OC(=O)[C@@H]5O)O[C@@]23C(=O)O4.